The lowest BCUT2D eigenvalue weighted by molar-refractivity contribution is 0.564. The molecule has 0 aliphatic heterocycles. The van der Waals surface area contributed by atoms with Crippen LogP contribution in [0.25, 0.3) is 44.6 Å². The smallest absolute Gasteiger partial charge is 0.185 e. The normalized spacial score (nSPS) is 11.2. The molecule has 14 heteroatoms. The fraction of sp³-hybridized carbons (Fsp3) is 0.250. The fourth-order valence-corrected chi connectivity index (χ4v) is 3.98. The summed E-state index contributed by atoms with van der Waals surface area (Å²) < 4.78 is 3.51. The number of aryl methyl sites for hydroxylation is 2. The predicted octanol–water partition coefficient (Wildman–Crippen LogP) is 0.627. The zero-order chi connectivity index (χ0) is 26.5. The Labute approximate surface area is 217 Å². The van der Waals surface area contributed by atoms with Crippen LogP contribution < -0.4 is 22.9 Å². The minimum atomic E-state index is 0.0813. The minimum absolute atomic E-state index is 0.0813. The molecule has 0 spiro atoms. The van der Waals surface area contributed by atoms with Crippen molar-refractivity contribution in [2.75, 3.05) is 13.1 Å². The molecule has 5 aromatic rings. The molecular formula is C24H28N14. The highest BCUT2D eigenvalue weighted by molar-refractivity contribution is 6.03. The lowest BCUT2D eigenvalue weighted by Crippen LogP contribution is -2.23. The van der Waals surface area contributed by atoms with Gasteiger partial charge < -0.3 is 22.9 Å². The zero-order valence-corrected chi connectivity index (χ0v) is 20.6. The van der Waals surface area contributed by atoms with Gasteiger partial charge in [-0.1, -0.05) is 34.7 Å². The first-order chi connectivity index (χ1) is 18.5. The second-order valence-electron chi connectivity index (χ2n) is 8.66. The van der Waals surface area contributed by atoms with Crippen molar-refractivity contribution in [2.45, 2.75) is 25.9 Å². The van der Waals surface area contributed by atoms with Gasteiger partial charge in [-0.15, -0.1) is 10.2 Å². The van der Waals surface area contributed by atoms with E-state index in [1.807, 2.05) is 48.8 Å². The molecule has 4 aromatic heterocycles. The van der Waals surface area contributed by atoms with Crippen molar-refractivity contribution < 1.29 is 0 Å². The van der Waals surface area contributed by atoms with Crippen molar-refractivity contribution in [1.82, 2.24) is 40.0 Å². The van der Waals surface area contributed by atoms with E-state index < -0.39 is 0 Å². The third-order valence-corrected chi connectivity index (χ3v) is 5.80. The van der Waals surface area contributed by atoms with Crippen molar-refractivity contribution >= 4 is 33.7 Å². The number of fused-ring (bicyclic) bond motifs is 3. The maximum Gasteiger partial charge on any atom is 0.185 e. The van der Waals surface area contributed by atoms with Crippen LogP contribution in [0.2, 0.25) is 0 Å². The number of nitrogens with two attached hydrogens (primary N) is 4. The van der Waals surface area contributed by atoms with Crippen LogP contribution in [-0.2, 0) is 13.1 Å². The molecule has 0 radical (unpaired) electrons. The van der Waals surface area contributed by atoms with Crippen molar-refractivity contribution in [3.05, 3.63) is 48.8 Å². The average Bonchev–Trinajstić information content (AvgIpc) is 3.58. The van der Waals surface area contributed by atoms with Crippen LogP contribution in [0.4, 0.5) is 0 Å². The Balaban J connectivity index is 1.40. The number of aliphatic imine (C=N–C) groups is 2. The molecule has 38 heavy (non-hydrogen) atoms. The SMILES string of the molecule is NC(N)=NCCCn1cc(-c2ccc3ccc4ccc(-c5cn(CCCN=C(N)N)nn5)nc4c3n2)nn1. The standard InChI is InChI=1S/C24H28N14/c25-23(26)29-9-1-11-37-13-19(33-35-37)17-7-5-15-3-4-16-6-8-18(32-22(16)21(15)31-17)20-14-38(36-34-20)12-2-10-30-24(27)28/h3-8,13-14H,1-2,9-12H2,(H4,25,26,29)(H4,27,28,30). The molecule has 4 heterocycles. The molecule has 0 atom stereocenters. The average molecular weight is 513 g/mol. The van der Waals surface area contributed by atoms with Gasteiger partial charge in [0, 0.05) is 37.0 Å². The van der Waals surface area contributed by atoms with Gasteiger partial charge in [-0.3, -0.25) is 19.3 Å². The summed E-state index contributed by atoms with van der Waals surface area (Å²) >= 11 is 0. The fourth-order valence-electron chi connectivity index (χ4n) is 3.98. The summed E-state index contributed by atoms with van der Waals surface area (Å²) in [5.41, 5.74) is 25.8. The topological polar surface area (TPSA) is 216 Å². The van der Waals surface area contributed by atoms with Crippen LogP contribution >= 0.6 is 0 Å². The zero-order valence-electron chi connectivity index (χ0n) is 20.6. The van der Waals surface area contributed by atoms with E-state index in [9.17, 15) is 0 Å². The first-order valence-electron chi connectivity index (χ1n) is 12.1. The number of hydrogen-bond donors (Lipinski definition) is 4. The molecule has 0 saturated heterocycles. The summed E-state index contributed by atoms with van der Waals surface area (Å²) in [5, 5.41) is 18.9. The monoisotopic (exact) mass is 512 g/mol. The number of hydrogen-bond acceptors (Lipinski definition) is 8. The quantitative estimate of drug-likeness (QED) is 0.0885. The van der Waals surface area contributed by atoms with Crippen molar-refractivity contribution in [1.29, 1.82) is 0 Å². The first-order valence-corrected chi connectivity index (χ1v) is 12.1. The highest BCUT2D eigenvalue weighted by atomic mass is 15.4. The van der Waals surface area contributed by atoms with E-state index >= 15 is 0 Å². The Hall–Kier alpha value is -5.14. The van der Waals surface area contributed by atoms with E-state index in [2.05, 4.69) is 30.6 Å². The second-order valence-corrected chi connectivity index (χ2v) is 8.66. The number of benzene rings is 1. The van der Waals surface area contributed by atoms with Crippen LogP contribution in [0.5, 0.6) is 0 Å². The molecule has 194 valence electrons. The second kappa shape index (κ2) is 10.9. The van der Waals surface area contributed by atoms with Crippen LogP contribution in [0.3, 0.4) is 0 Å². The lowest BCUT2D eigenvalue weighted by Gasteiger charge is -2.06. The van der Waals surface area contributed by atoms with E-state index in [-0.39, 0.29) is 11.9 Å². The Kier molecular flexibility index (Phi) is 7.02. The molecule has 1 aromatic carbocycles. The lowest BCUT2D eigenvalue weighted by atomic mass is 10.1. The van der Waals surface area contributed by atoms with Gasteiger partial charge in [0.05, 0.1) is 34.8 Å². The van der Waals surface area contributed by atoms with Crippen LogP contribution in [-0.4, -0.2) is 65.0 Å². The van der Waals surface area contributed by atoms with E-state index in [0.717, 1.165) is 34.6 Å². The summed E-state index contributed by atoms with van der Waals surface area (Å²) in [6, 6.07) is 11.9. The largest absolute Gasteiger partial charge is 0.370 e. The van der Waals surface area contributed by atoms with Crippen LogP contribution in [0.1, 0.15) is 12.8 Å². The molecule has 0 bridgehead atoms. The Bertz CT molecular complexity index is 1500. The van der Waals surface area contributed by atoms with Gasteiger partial charge in [0.2, 0.25) is 0 Å². The summed E-state index contributed by atoms with van der Waals surface area (Å²) in [6.45, 7) is 2.33. The highest BCUT2D eigenvalue weighted by Gasteiger charge is 2.12. The van der Waals surface area contributed by atoms with Gasteiger partial charge >= 0.3 is 0 Å². The third-order valence-electron chi connectivity index (χ3n) is 5.80. The molecule has 8 N–H and O–H groups in total. The Morgan fingerprint density at radius 2 is 1.03 bits per heavy atom. The van der Waals surface area contributed by atoms with E-state index in [1.54, 1.807) is 9.36 Å². The van der Waals surface area contributed by atoms with Gasteiger partial charge in [0.15, 0.2) is 11.9 Å². The van der Waals surface area contributed by atoms with Gasteiger partial charge in [-0.05, 0) is 25.0 Å². The molecule has 0 unspecified atom stereocenters. The molecule has 5 rings (SSSR count). The Morgan fingerprint density at radius 1 is 0.605 bits per heavy atom. The van der Waals surface area contributed by atoms with E-state index in [4.69, 9.17) is 32.9 Å². The van der Waals surface area contributed by atoms with Gasteiger partial charge in [-0.25, -0.2) is 9.97 Å². The van der Waals surface area contributed by atoms with Crippen LogP contribution in [0.15, 0.2) is 58.8 Å². The molecule has 14 nitrogen and oxygen atoms in total. The predicted molar refractivity (Wildman–Crippen MR) is 146 cm³/mol. The maximum absolute atomic E-state index is 5.37. The molecule has 0 aliphatic rings. The van der Waals surface area contributed by atoms with Crippen molar-refractivity contribution in [2.24, 2.45) is 32.9 Å². The number of rotatable bonds is 10. The molecular weight excluding hydrogens is 484 g/mol. The van der Waals surface area contributed by atoms with Crippen molar-refractivity contribution in [3.8, 4) is 22.8 Å². The third kappa shape index (κ3) is 5.64. The summed E-state index contributed by atoms with van der Waals surface area (Å²) in [7, 11) is 0. The highest BCUT2D eigenvalue weighted by Crippen LogP contribution is 2.27. The number of pyridine rings is 2. The molecule has 0 amide bonds. The molecule has 0 fully saturated rings. The van der Waals surface area contributed by atoms with E-state index in [0.29, 0.717) is 49.0 Å². The maximum atomic E-state index is 5.37. The summed E-state index contributed by atoms with van der Waals surface area (Å²) in [5.74, 6) is 0.163. The van der Waals surface area contributed by atoms with Crippen molar-refractivity contribution in [3.63, 3.8) is 0 Å². The number of aromatic nitrogens is 8. The minimum Gasteiger partial charge on any atom is -0.370 e. The summed E-state index contributed by atoms with van der Waals surface area (Å²) in [6.07, 6.45) is 5.20. The van der Waals surface area contributed by atoms with Gasteiger partial charge in [0.1, 0.15) is 11.4 Å². The van der Waals surface area contributed by atoms with E-state index in [1.165, 1.54) is 0 Å². The van der Waals surface area contributed by atoms with Gasteiger partial charge in [-0.2, -0.15) is 0 Å². The molecule has 0 aliphatic carbocycles. The number of nitrogens with zero attached hydrogens (tertiary/aromatic N) is 10. The van der Waals surface area contributed by atoms with Crippen LogP contribution in [0, 0.1) is 0 Å². The first kappa shape index (κ1) is 24.5. The van der Waals surface area contributed by atoms with Gasteiger partial charge in [0.25, 0.3) is 0 Å². The summed E-state index contributed by atoms with van der Waals surface area (Å²) in [4.78, 5) is 17.8. The Morgan fingerprint density at radius 3 is 1.45 bits per heavy atom. The molecule has 0 saturated carbocycles. The number of guanidine groups is 2.